The molecule has 0 saturated carbocycles. The first-order chi connectivity index (χ1) is 14.2. The SMILES string of the molecule is CCN1c2ccccc2Sc2cc(/C=C/C(=O)Nc3cccc(OC)c3)ccc21. The lowest BCUT2D eigenvalue weighted by Gasteiger charge is -2.32. The molecular formula is C24H22N2O2S. The van der Waals surface area contributed by atoms with Crippen LogP contribution in [0.15, 0.2) is 82.6 Å². The van der Waals surface area contributed by atoms with Crippen molar-refractivity contribution in [3.8, 4) is 5.75 Å². The summed E-state index contributed by atoms with van der Waals surface area (Å²) in [5.41, 5.74) is 4.14. The molecule has 29 heavy (non-hydrogen) atoms. The highest BCUT2D eigenvalue weighted by molar-refractivity contribution is 7.99. The molecule has 1 N–H and O–H groups in total. The maximum atomic E-state index is 12.3. The first-order valence-corrected chi connectivity index (χ1v) is 10.3. The molecule has 0 atom stereocenters. The van der Waals surface area contributed by atoms with Crippen LogP contribution in [0, 0.1) is 0 Å². The largest absolute Gasteiger partial charge is 0.497 e. The van der Waals surface area contributed by atoms with E-state index in [1.165, 1.54) is 21.2 Å². The van der Waals surface area contributed by atoms with Crippen LogP contribution in [-0.2, 0) is 4.79 Å². The van der Waals surface area contributed by atoms with Gasteiger partial charge in [-0.2, -0.15) is 0 Å². The Hall–Kier alpha value is -3.18. The Kier molecular flexibility index (Phi) is 5.58. The van der Waals surface area contributed by atoms with Crippen LogP contribution in [-0.4, -0.2) is 19.6 Å². The fraction of sp³-hybridized carbons (Fsp3) is 0.125. The van der Waals surface area contributed by atoms with Crippen molar-refractivity contribution in [3.63, 3.8) is 0 Å². The maximum Gasteiger partial charge on any atom is 0.248 e. The number of carbonyl (C=O) groups is 1. The van der Waals surface area contributed by atoms with Crippen molar-refractivity contribution in [1.29, 1.82) is 0 Å². The quantitative estimate of drug-likeness (QED) is 0.534. The minimum atomic E-state index is -0.177. The molecule has 0 saturated heterocycles. The smallest absolute Gasteiger partial charge is 0.248 e. The van der Waals surface area contributed by atoms with Crippen molar-refractivity contribution in [2.45, 2.75) is 16.7 Å². The first-order valence-electron chi connectivity index (χ1n) is 9.49. The number of para-hydroxylation sites is 1. The summed E-state index contributed by atoms with van der Waals surface area (Å²) in [5, 5.41) is 2.86. The predicted octanol–water partition coefficient (Wildman–Crippen LogP) is 5.97. The minimum absolute atomic E-state index is 0.177. The molecule has 0 aliphatic carbocycles. The van der Waals surface area contributed by atoms with E-state index in [2.05, 4.69) is 53.5 Å². The van der Waals surface area contributed by atoms with Gasteiger partial charge in [0.1, 0.15) is 5.75 Å². The topological polar surface area (TPSA) is 41.6 Å². The molecule has 3 aromatic carbocycles. The van der Waals surface area contributed by atoms with E-state index in [1.54, 1.807) is 31.0 Å². The summed E-state index contributed by atoms with van der Waals surface area (Å²) < 4.78 is 5.19. The second-order valence-electron chi connectivity index (χ2n) is 6.60. The van der Waals surface area contributed by atoms with E-state index in [1.807, 2.05) is 30.3 Å². The summed E-state index contributed by atoms with van der Waals surface area (Å²) in [5.74, 6) is 0.531. The van der Waals surface area contributed by atoms with Gasteiger partial charge in [-0.25, -0.2) is 0 Å². The molecule has 0 bridgehead atoms. The summed E-state index contributed by atoms with van der Waals surface area (Å²) in [6.07, 6.45) is 3.40. The van der Waals surface area contributed by atoms with Crippen LogP contribution in [0.2, 0.25) is 0 Å². The molecule has 0 spiro atoms. The first kappa shape index (κ1) is 19.2. The van der Waals surface area contributed by atoms with E-state index in [9.17, 15) is 4.79 Å². The zero-order valence-electron chi connectivity index (χ0n) is 16.4. The minimum Gasteiger partial charge on any atom is -0.497 e. The van der Waals surface area contributed by atoms with Gasteiger partial charge in [0.2, 0.25) is 5.91 Å². The van der Waals surface area contributed by atoms with Crippen LogP contribution in [0.5, 0.6) is 5.75 Å². The number of anilines is 3. The number of hydrogen-bond acceptors (Lipinski definition) is 4. The molecule has 0 aromatic heterocycles. The van der Waals surface area contributed by atoms with Crippen molar-refractivity contribution < 1.29 is 9.53 Å². The molecule has 0 radical (unpaired) electrons. The standard InChI is InChI=1S/C24H22N2O2S/c1-3-26-20-9-4-5-10-22(20)29-23-15-17(11-13-21(23)26)12-14-24(27)25-18-7-6-8-19(16-18)28-2/h4-16H,3H2,1-2H3,(H,25,27)/b14-12+. The predicted molar refractivity (Wildman–Crippen MR) is 120 cm³/mol. The molecule has 1 heterocycles. The van der Waals surface area contributed by atoms with Gasteiger partial charge in [-0.3, -0.25) is 4.79 Å². The molecule has 1 aliphatic rings. The fourth-order valence-corrected chi connectivity index (χ4v) is 4.50. The van der Waals surface area contributed by atoms with Gasteiger partial charge >= 0.3 is 0 Å². The van der Waals surface area contributed by atoms with Gasteiger partial charge in [0.05, 0.1) is 18.5 Å². The van der Waals surface area contributed by atoms with Crippen LogP contribution < -0.4 is 15.0 Å². The van der Waals surface area contributed by atoms with Gasteiger partial charge < -0.3 is 15.0 Å². The molecule has 146 valence electrons. The number of nitrogens with zero attached hydrogens (tertiary/aromatic N) is 1. The molecule has 0 unspecified atom stereocenters. The number of amides is 1. The number of hydrogen-bond donors (Lipinski definition) is 1. The molecule has 4 rings (SSSR count). The number of carbonyl (C=O) groups excluding carboxylic acids is 1. The zero-order chi connectivity index (χ0) is 20.2. The van der Waals surface area contributed by atoms with E-state index in [0.29, 0.717) is 11.4 Å². The average molecular weight is 403 g/mol. The van der Waals surface area contributed by atoms with Crippen molar-refractivity contribution >= 4 is 40.8 Å². The van der Waals surface area contributed by atoms with Crippen LogP contribution >= 0.6 is 11.8 Å². The Labute approximate surface area is 175 Å². The van der Waals surface area contributed by atoms with Crippen molar-refractivity contribution in [2.24, 2.45) is 0 Å². The number of rotatable bonds is 5. The number of benzene rings is 3. The van der Waals surface area contributed by atoms with Gasteiger partial charge in [0, 0.05) is 34.2 Å². The molecule has 4 nitrogen and oxygen atoms in total. The third-order valence-electron chi connectivity index (χ3n) is 4.73. The van der Waals surface area contributed by atoms with E-state index >= 15 is 0 Å². The molecule has 0 fully saturated rings. The Balaban J connectivity index is 1.51. The third kappa shape index (κ3) is 4.15. The van der Waals surface area contributed by atoms with E-state index in [-0.39, 0.29) is 5.91 Å². The van der Waals surface area contributed by atoms with Crippen molar-refractivity contribution in [2.75, 3.05) is 23.9 Å². The second kappa shape index (κ2) is 8.45. The number of ether oxygens (including phenoxy) is 1. The molecule has 5 heteroatoms. The Bertz CT molecular complexity index is 1080. The summed E-state index contributed by atoms with van der Waals surface area (Å²) >= 11 is 1.77. The third-order valence-corrected chi connectivity index (χ3v) is 5.84. The monoisotopic (exact) mass is 402 g/mol. The summed E-state index contributed by atoms with van der Waals surface area (Å²) in [6, 6.07) is 22.1. The van der Waals surface area contributed by atoms with Crippen LogP contribution in [0.3, 0.4) is 0 Å². The van der Waals surface area contributed by atoms with Crippen LogP contribution in [0.1, 0.15) is 12.5 Å². The lowest BCUT2D eigenvalue weighted by molar-refractivity contribution is -0.111. The Morgan fingerprint density at radius 1 is 1.03 bits per heavy atom. The van der Waals surface area contributed by atoms with Gasteiger partial charge in [-0.1, -0.05) is 36.0 Å². The van der Waals surface area contributed by atoms with Gasteiger partial charge in [0.15, 0.2) is 0 Å². The molecule has 1 aliphatic heterocycles. The number of fused-ring (bicyclic) bond motifs is 2. The Morgan fingerprint density at radius 3 is 2.69 bits per heavy atom. The molecule has 1 amide bonds. The van der Waals surface area contributed by atoms with Gasteiger partial charge in [-0.05, 0) is 55.0 Å². The molecular weight excluding hydrogens is 380 g/mol. The zero-order valence-corrected chi connectivity index (χ0v) is 17.2. The highest BCUT2D eigenvalue weighted by atomic mass is 32.2. The highest BCUT2D eigenvalue weighted by Gasteiger charge is 2.21. The van der Waals surface area contributed by atoms with E-state index < -0.39 is 0 Å². The number of methoxy groups -OCH3 is 1. The van der Waals surface area contributed by atoms with Crippen LogP contribution in [0.25, 0.3) is 6.08 Å². The fourth-order valence-electron chi connectivity index (χ4n) is 3.35. The summed E-state index contributed by atoms with van der Waals surface area (Å²) in [6.45, 7) is 3.07. The van der Waals surface area contributed by atoms with E-state index in [0.717, 1.165) is 12.1 Å². The second-order valence-corrected chi connectivity index (χ2v) is 7.68. The highest BCUT2D eigenvalue weighted by Crippen LogP contribution is 2.48. The van der Waals surface area contributed by atoms with Crippen molar-refractivity contribution in [3.05, 3.63) is 78.4 Å². The van der Waals surface area contributed by atoms with Crippen molar-refractivity contribution in [1.82, 2.24) is 0 Å². The lowest BCUT2D eigenvalue weighted by atomic mass is 10.1. The number of nitrogens with one attached hydrogen (secondary N) is 1. The van der Waals surface area contributed by atoms with Crippen LogP contribution in [0.4, 0.5) is 17.1 Å². The van der Waals surface area contributed by atoms with E-state index in [4.69, 9.17) is 4.74 Å². The average Bonchev–Trinajstić information content (AvgIpc) is 2.76. The lowest BCUT2D eigenvalue weighted by Crippen LogP contribution is -2.19. The maximum absolute atomic E-state index is 12.3. The Morgan fingerprint density at radius 2 is 1.86 bits per heavy atom. The summed E-state index contributed by atoms with van der Waals surface area (Å²) in [7, 11) is 1.60. The van der Waals surface area contributed by atoms with Gasteiger partial charge in [-0.15, -0.1) is 0 Å². The van der Waals surface area contributed by atoms with Gasteiger partial charge in [0.25, 0.3) is 0 Å². The normalized spacial score (nSPS) is 12.4. The molecule has 3 aromatic rings. The summed E-state index contributed by atoms with van der Waals surface area (Å²) in [4.78, 5) is 17.1.